The van der Waals surface area contributed by atoms with Gasteiger partial charge in [0.2, 0.25) is 0 Å². The van der Waals surface area contributed by atoms with Crippen LogP contribution >= 0.6 is 54.5 Å². The summed E-state index contributed by atoms with van der Waals surface area (Å²) in [7, 11) is 0. The van der Waals surface area contributed by atoms with Gasteiger partial charge in [0.1, 0.15) is 0 Å². The van der Waals surface area contributed by atoms with Crippen molar-refractivity contribution in [1.82, 2.24) is 5.32 Å². The zero-order valence-electron chi connectivity index (χ0n) is 8.72. The minimum absolute atomic E-state index is 0.935. The fourth-order valence-corrected chi connectivity index (χ4v) is 4.38. The molecule has 0 aliphatic heterocycles. The minimum atomic E-state index is 0.935. The van der Waals surface area contributed by atoms with E-state index in [1.807, 2.05) is 0 Å². The van der Waals surface area contributed by atoms with Crippen molar-refractivity contribution in [1.29, 1.82) is 0 Å². The van der Waals surface area contributed by atoms with Gasteiger partial charge in [-0.2, -0.15) is 0 Å². The molecule has 1 N–H and O–H groups in total. The van der Waals surface area contributed by atoms with Crippen LogP contribution in [0.25, 0.3) is 0 Å². The van der Waals surface area contributed by atoms with Crippen LogP contribution < -0.4 is 5.32 Å². The maximum absolute atomic E-state index is 3.54. The van der Waals surface area contributed by atoms with E-state index in [1.54, 1.807) is 22.7 Å². The lowest BCUT2D eigenvalue weighted by atomic mass is 10.3. The Bertz CT molecular complexity index is 457. The number of hydrogen-bond acceptors (Lipinski definition) is 3. The van der Waals surface area contributed by atoms with E-state index in [1.165, 1.54) is 23.6 Å². The van der Waals surface area contributed by atoms with E-state index in [0.29, 0.717) is 0 Å². The molecule has 0 unspecified atom stereocenters. The molecule has 0 aliphatic rings. The summed E-state index contributed by atoms with van der Waals surface area (Å²) >= 11 is 10.6. The number of nitrogens with one attached hydrogen (secondary N) is 1. The summed E-state index contributed by atoms with van der Waals surface area (Å²) in [6.07, 6.45) is 0. The topological polar surface area (TPSA) is 12.0 Å². The number of thiophene rings is 2. The highest BCUT2D eigenvalue weighted by atomic mass is 79.9. The second-order valence-corrected chi connectivity index (χ2v) is 7.87. The van der Waals surface area contributed by atoms with Crippen LogP contribution in [0.1, 0.15) is 15.3 Å². The Morgan fingerprint density at radius 3 is 2.50 bits per heavy atom. The van der Waals surface area contributed by atoms with Gasteiger partial charge in [-0.05, 0) is 56.5 Å². The second-order valence-electron chi connectivity index (χ2n) is 3.50. The van der Waals surface area contributed by atoms with Crippen molar-refractivity contribution >= 4 is 54.5 Å². The first-order chi connectivity index (χ1) is 7.65. The SMILES string of the molecule is Cc1cc(CNCc2cc(Br)cs2)sc1Br. The van der Waals surface area contributed by atoms with Crippen LogP contribution in [0.15, 0.2) is 25.8 Å². The number of aryl methyl sites for hydroxylation is 1. The van der Waals surface area contributed by atoms with Gasteiger partial charge in [-0.3, -0.25) is 0 Å². The molecule has 0 spiro atoms. The third-order valence-electron chi connectivity index (χ3n) is 2.13. The summed E-state index contributed by atoms with van der Waals surface area (Å²) in [6.45, 7) is 4.00. The molecular formula is C11H11Br2NS2. The first-order valence-electron chi connectivity index (χ1n) is 4.83. The highest BCUT2D eigenvalue weighted by molar-refractivity contribution is 9.11. The zero-order valence-corrected chi connectivity index (χ0v) is 13.5. The molecule has 1 nitrogen and oxygen atoms in total. The smallest absolute Gasteiger partial charge is 0.0730 e. The summed E-state index contributed by atoms with van der Waals surface area (Å²) in [5.74, 6) is 0. The molecule has 0 saturated heterocycles. The van der Waals surface area contributed by atoms with Gasteiger partial charge in [0, 0.05) is 32.7 Å². The largest absolute Gasteiger partial charge is 0.307 e. The lowest BCUT2D eigenvalue weighted by Gasteiger charge is -1.99. The molecule has 0 amide bonds. The van der Waals surface area contributed by atoms with Crippen molar-refractivity contribution in [3.05, 3.63) is 41.1 Å². The monoisotopic (exact) mass is 379 g/mol. The molecule has 0 bridgehead atoms. The fraction of sp³-hybridized carbons (Fsp3) is 0.273. The van der Waals surface area contributed by atoms with Gasteiger partial charge in [-0.25, -0.2) is 0 Å². The Hall–Kier alpha value is 0.320. The summed E-state index contributed by atoms with van der Waals surface area (Å²) < 4.78 is 2.41. The highest BCUT2D eigenvalue weighted by Gasteiger charge is 2.02. The third-order valence-corrected chi connectivity index (χ3v) is 5.96. The zero-order chi connectivity index (χ0) is 11.5. The Morgan fingerprint density at radius 1 is 1.19 bits per heavy atom. The molecule has 0 fully saturated rings. The highest BCUT2D eigenvalue weighted by Crippen LogP contribution is 2.27. The van der Waals surface area contributed by atoms with Crippen molar-refractivity contribution in [2.75, 3.05) is 0 Å². The maximum Gasteiger partial charge on any atom is 0.0730 e. The van der Waals surface area contributed by atoms with Crippen LogP contribution in [-0.2, 0) is 13.1 Å². The summed E-state index contributed by atoms with van der Waals surface area (Å²) in [4.78, 5) is 2.74. The van der Waals surface area contributed by atoms with E-state index in [2.05, 4.69) is 61.6 Å². The van der Waals surface area contributed by atoms with Gasteiger partial charge in [0.15, 0.2) is 0 Å². The fourth-order valence-electron chi connectivity index (χ4n) is 1.37. The molecule has 0 saturated carbocycles. The molecule has 2 aromatic rings. The molecule has 5 heteroatoms. The summed E-state index contributed by atoms with van der Waals surface area (Å²) in [5.41, 5.74) is 1.32. The second kappa shape index (κ2) is 5.78. The lowest BCUT2D eigenvalue weighted by Crippen LogP contribution is -2.10. The van der Waals surface area contributed by atoms with Gasteiger partial charge in [-0.15, -0.1) is 22.7 Å². The average molecular weight is 381 g/mol. The van der Waals surface area contributed by atoms with Gasteiger partial charge >= 0.3 is 0 Å². The van der Waals surface area contributed by atoms with Crippen molar-refractivity contribution in [3.8, 4) is 0 Å². The summed E-state index contributed by atoms with van der Waals surface area (Å²) in [6, 6.07) is 4.39. The molecular weight excluding hydrogens is 370 g/mol. The molecule has 2 heterocycles. The van der Waals surface area contributed by atoms with Crippen molar-refractivity contribution in [2.24, 2.45) is 0 Å². The predicted octanol–water partition coefficient (Wildman–Crippen LogP) is 4.93. The summed E-state index contributed by atoms with van der Waals surface area (Å²) in [5, 5.41) is 5.56. The number of rotatable bonds is 4. The van der Waals surface area contributed by atoms with Crippen molar-refractivity contribution in [3.63, 3.8) is 0 Å². The van der Waals surface area contributed by atoms with E-state index in [0.717, 1.165) is 13.1 Å². The molecule has 0 radical (unpaired) electrons. The van der Waals surface area contributed by atoms with Crippen LogP contribution in [0.5, 0.6) is 0 Å². The van der Waals surface area contributed by atoms with Crippen LogP contribution in [0, 0.1) is 6.92 Å². The van der Waals surface area contributed by atoms with Gasteiger partial charge < -0.3 is 5.32 Å². The first-order valence-corrected chi connectivity index (χ1v) is 8.12. The van der Waals surface area contributed by atoms with Crippen LogP contribution in [-0.4, -0.2) is 0 Å². The van der Waals surface area contributed by atoms with Gasteiger partial charge in [-0.1, -0.05) is 0 Å². The molecule has 86 valence electrons. The van der Waals surface area contributed by atoms with E-state index in [4.69, 9.17) is 0 Å². The van der Waals surface area contributed by atoms with E-state index in [-0.39, 0.29) is 0 Å². The van der Waals surface area contributed by atoms with E-state index < -0.39 is 0 Å². The molecule has 16 heavy (non-hydrogen) atoms. The number of hydrogen-bond donors (Lipinski definition) is 1. The number of halogens is 2. The lowest BCUT2D eigenvalue weighted by molar-refractivity contribution is 0.708. The molecule has 2 aromatic heterocycles. The first kappa shape index (κ1) is 12.8. The molecule has 0 aromatic carbocycles. The molecule has 0 atom stereocenters. The molecule has 0 aliphatic carbocycles. The molecule has 2 rings (SSSR count). The predicted molar refractivity (Wildman–Crippen MR) is 79.3 cm³/mol. The van der Waals surface area contributed by atoms with Gasteiger partial charge in [0.25, 0.3) is 0 Å². The Morgan fingerprint density at radius 2 is 1.94 bits per heavy atom. The van der Waals surface area contributed by atoms with Crippen LogP contribution in [0.2, 0.25) is 0 Å². The van der Waals surface area contributed by atoms with Crippen LogP contribution in [0.4, 0.5) is 0 Å². The van der Waals surface area contributed by atoms with E-state index in [9.17, 15) is 0 Å². The van der Waals surface area contributed by atoms with Gasteiger partial charge in [0.05, 0.1) is 3.79 Å². The Labute approximate surface area is 120 Å². The minimum Gasteiger partial charge on any atom is -0.307 e. The standard InChI is InChI=1S/C11H11Br2NS2/c1-7-2-10(16-11(7)13)5-14-4-9-3-8(12)6-15-9/h2-3,6,14H,4-5H2,1H3. The Balaban J connectivity index is 1.84. The third kappa shape index (κ3) is 3.40. The maximum atomic E-state index is 3.54. The van der Waals surface area contributed by atoms with Crippen molar-refractivity contribution < 1.29 is 0 Å². The quantitative estimate of drug-likeness (QED) is 0.792. The van der Waals surface area contributed by atoms with Crippen LogP contribution in [0.3, 0.4) is 0 Å². The van der Waals surface area contributed by atoms with E-state index >= 15 is 0 Å². The normalized spacial score (nSPS) is 10.9. The van der Waals surface area contributed by atoms with Crippen molar-refractivity contribution in [2.45, 2.75) is 20.0 Å². The average Bonchev–Trinajstić information content (AvgIpc) is 2.75. The Kier molecular flexibility index (Phi) is 4.61.